The van der Waals surface area contributed by atoms with E-state index in [1.165, 1.54) is 0 Å². The number of rotatable bonds is 1. The summed E-state index contributed by atoms with van der Waals surface area (Å²) in [7, 11) is 0. The molecule has 1 saturated carbocycles. The predicted octanol–water partition coefficient (Wildman–Crippen LogP) is 0.975. The van der Waals surface area contributed by atoms with Crippen molar-refractivity contribution in [3.63, 3.8) is 0 Å². The summed E-state index contributed by atoms with van der Waals surface area (Å²) in [6, 6.07) is 0.217. The van der Waals surface area contributed by atoms with Gasteiger partial charge < -0.3 is 15.5 Å². The number of nitrogens with zero attached hydrogens (tertiary/aromatic N) is 2. The number of carbonyl (C=O) groups is 2. The molecule has 21 heavy (non-hydrogen) atoms. The Morgan fingerprint density at radius 3 is 2.19 bits per heavy atom. The highest BCUT2D eigenvalue weighted by Gasteiger charge is 2.44. The van der Waals surface area contributed by atoms with Crippen molar-refractivity contribution >= 4 is 11.8 Å². The average molecular weight is 293 g/mol. The molecule has 0 bridgehead atoms. The monoisotopic (exact) mass is 293 g/mol. The van der Waals surface area contributed by atoms with Gasteiger partial charge in [-0.05, 0) is 43.9 Å². The van der Waals surface area contributed by atoms with Crippen molar-refractivity contribution in [2.45, 2.75) is 51.5 Å². The number of carbonyl (C=O) groups excluding carboxylic acids is 2. The van der Waals surface area contributed by atoms with E-state index in [1.807, 2.05) is 4.90 Å². The Morgan fingerprint density at radius 1 is 1.05 bits per heavy atom. The largest absolute Gasteiger partial charge is 0.343 e. The molecule has 118 valence electrons. The Labute approximate surface area is 126 Å². The zero-order chi connectivity index (χ0) is 15.0. The predicted molar refractivity (Wildman–Crippen MR) is 80.4 cm³/mol. The minimum Gasteiger partial charge on any atom is -0.343 e. The second-order valence-corrected chi connectivity index (χ2v) is 7.29. The number of hydrogen-bond donors (Lipinski definition) is 1. The lowest BCUT2D eigenvalue weighted by molar-refractivity contribution is -0.136. The van der Waals surface area contributed by atoms with Gasteiger partial charge in [0.2, 0.25) is 11.8 Å². The minimum absolute atomic E-state index is 0.160. The summed E-state index contributed by atoms with van der Waals surface area (Å²) in [4.78, 5) is 28.0. The van der Waals surface area contributed by atoms with Crippen molar-refractivity contribution in [2.75, 3.05) is 26.2 Å². The normalized spacial score (nSPS) is 31.9. The van der Waals surface area contributed by atoms with E-state index in [1.54, 1.807) is 6.92 Å². The maximum absolute atomic E-state index is 12.6. The number of nitrogens with two attached hydrogens (primary N) is 1. The van der Waals surface area contributed by atoms with E-state index in [4.69, 9.17) is 5.73 Å². The molecule has 3 aliphatic rings. The highest BCUT2D eigenvalue weighted by atomic mass is 16.2. The topological polar surface area (TPSA) is 66.6 Å². The standard InChI is InChI=1S/C16H27N3O2/c1-12(20)18-7-4-16(5-8-18)6-9-19(11-16)15(21)13-2-3-14(17)10-13/h13-14H,2-11,17H2,1H3/t13-,14+/m0/s1. The molecule has 2 aliphatic heterocycles. The fourth-order valence-electron chi connectivity index (χ4n) is 4.33. The van der Waals surface area contributed by atoms with Gasteiger partial charge in [0.15, 0.2) is 0 Å². The highest BCUT2D eigenvalue weighted by molar-refractivity contribution is 5.79. The summed E-state index contributed by atoms with van der Waals surface area (Å²) in [6.07, 6.45) is 6.00. The quantitative estimate of drug-likeness (QED) is 0.783. The molecule has 5 nitrogen and oxygen atoms in total. The molecule has 3 rings (SSSR count). The van der Waals surface area contributed by atoms with Crippen LogP contribution in [0, 0.1) is 11.3 Å². The highest BCUT2D eigenvalue weighted by Crippen LogP contribution is 2.41. The molecule has 1 spiro atoms. The van der Waals surface area contributed by atoms with Crippen LogP contribution >= 0.6 is 0 Å². The molecular weight excluding hydrogens is 266 g/mol. The van der Waals surface area contributed by atoms with Crippen LogP contribution in [-0.4, -0.2) is 53.8 Å². The van der Waals surface area contributed by atoms with Crippen molar-refractivity contribution in [1.82, 2.24) is 9.80 Å². The van der Waals surface area contributed by atoms with Crippen molar-refractivity contribution in [1.29, 1.82) is 0 Å². The third-order valence-corrected chi connectivity index (χ3v) is 5.84. The molecule has 5 heteroatoms. The second kappa shape index (κ2) is 5.59. The first-order chi connectivity index (χ1) is 9.99. The summed E-state index contributed by atoms with van der Waals surface area (Å²) in [6.45, 7) is 5.14. The Morgan fingerprint density at radius 2 is 1.67 bits per heavy atom. The van der Waals surface area contributed by atoms with Crippen molar-refractivity contribution < 1.29 is 9.59 Å². The van der Waals surface area contributed by atoms with Crippen molar-refractivity contribution in [3.8, 4) is 0 Å². The molecule has 2 saturated heterocycles. The van der Waals surface area contributed by atoms with E-state index in [2.05, 4.69) is 4.90 Å². The van der Waals surface area contributed by atoms with Gasteiger partial charge in [-0.3, -0.25) is 9.59 Å². The fourth-order valence-corrected chi connectivity index (χ4v) is 4.33. The van der Waals surface area contributed by atoms with Gasteiger partial charge in [0, 0.05) is 45.1 Å². The van der Waals surface area contributed by atoms with Crippen LogP contribution in [-0.2, 0) is 9.59 Å². The molecule has 1 aliphatic carbocycles. The summed E-state index contributed by atoms with van der Waals surface area (Å²) in [5.41, 5.74) is 6.20. The molecule has 3 fully saturated rings. The molecule has 0 unspecified atom stereocenters. The van der Waals surface area contributed by atoms with Crippen LogP contribution in [0.3, 0.4) is 0 Å². The van der Waals surface area contributed by atoms with Crippen LogP contribution in [0.5, 0.6) is 0 Å². The number of piperidine rings is 1. The molecule has 0 aromatic carbocycles. The van der Waals surface area contributed by atoms with E-state index >= 15 is 0 Å². The van der Waals surface area contributed by atoms with Gasteiger partial charge in [0.25, 0.3) is 0 Å². The molecule has 2 atom stereocenters. The smallest absolute Gasteiger partial charge is 0.225 e. The van der Waals surface area contributed by atoms with Crippen LogP contribution in [0.2, 0.25) is 0 Å². The van der Waals surface area contributed by atoms with Crippen LogP contribution in [0.1, 0.15) is 45.4 Å². The molecule has 0 radical (unpaired) electrons. The molecule has 2 heterocycles. The van der Waals surface area contributed by atoms with Crippen LogP contribution in [0.4, 0.5) is 0 Å². The van der Waals surface area contributed by atoms with Gasteiger partial charge in [-0.15, -0.1) is 0 Å². The van der Waals surface area contributed by atoms with E-state index in [9.17, 15) is 9.59 Å². The van der Waals surface area contributed by atoms with Crippen molar-refractivity contribution in [2.24, 2.45) is 17.1 Å². The van der Waals surface area contributed by atoms with E-state index in [0.717, 1.165) is 64.7 Å². The van der Waals surface area contributed by atoms with E-state index in [-0.39, 0.29) is 23.3 Å². The van der Waals surface area contributed by atoms with Gasteiger partial charge >= 0.3 is 0 Å². The van der Waals surface area contributed by atoms with Gasteiger partial charge in [-0.1, -0.05) is 0 Å². The zero-order valence-electron chi connectivity index (χ0n) is 13.0. The molecule has 0 aromatic rings. The Hall–Kier alpha value is -1.10. The van der Waals surface area contributed by atoms with Gasteiger partial charge in [-0.2, -0.15) is 0 Å². The Bertz CT molecular complexity index is 429. The Kier molecular flexibility index (Phi) is 3.95. The van der Waals surface area contributed by atoms with Crippen molar-refractivity contribution in [3.05, 3.63) is 0 Å². The molecular formula is C16H27N3O2. The number of hydrogen-bond acceptors (Lipinski definition) is 3. The Balaban J connectivity index is 1.56. The third kappa shape index (κ3) is 2.93. The molecule has 2 amide bonds. The third-order valence-electron chi connectivity index (χ3n) is 5.84. The average Bonchev–Trinajstić information content (AvgIpc) is 3.06. The van der Waals surface area contributed by atoms with E-state index < -0.39 is 0 Å². The maximum atomic E-state index is 12.6. The fraction of sp³-hybridized carbons (Fsp3) is 0.875. The van der Waals surface area contributed by atoms with Crippen LogP contribution in [0.25, 0.3) is 0 Å². The lowest BCUT2D eigenvalue weighted by Gasteiger charge is -2.39. The van der Waals surface area contributed by atoms with Gasteiger partial charge in [0.1, 0.15) is 0 Å². The molecule has 0 aromatic heterocycles. The first-order valence-corrected chi connectivity index (χ1v) is 8.29. The van der Waals surface area contributed by atoms with Gasteiger partial charge in [-0.25, -0.2) is 0 Å². The summed E-state index contributed by atoms with van der Waals surface area (Å²) < 4.78 is 0. The zero-order valence-corrected chi connectivity index (χ0v) is 13.0. The lowest BCUT2D eigenvalue weighted by atomic mass is 9.78. The first kappa shape index (κ1) is 14.8. The maximum Gasteiger partial charge on any atom is 0.225 e. The minimum atomic E-state index is 0.160. The van der Waals surface area contributed by atoms with E-state index in [0.29, 0.717) is 5.91 Å². The summed E-state index contributed by atoms with van der Waals surface area (Å²) in [5.74, 6) is 0.664. The van der Waals surface area contributed by atoms with Gasteiger partial charge in [0.05, 0.1) is 0 Å². The lowest BCUT2D eigenvalue weighted by Crippen LogP contribution is -2.44. The van der Waals surface area contributed by atoms with Crippen LogP contribution < -0.4 is 5.73 Å². The molecule has 2 N–H and O–H groups in total. The summed E-state index contributed by atoms with van der Waals surface area (Å²) in [5, 5.41) is 0. The summed E-state index contributed by atoms with van der Waals surface area (Å²) >= 11 is 0. The number of likely N-dealkylation sites (tertiary alicyclic amines) is 2. The van der Waals surface area contributed by atoms with Crippen LogP contribution in [0.15, 0.2) is 0 Å². The second-order valence-electron chi connectivity index (χ2n) is 7.29. The SMILES string of the molecule is CC(=O)N1CCC2(CC1)CCN(C(=O)[C@H]1CC[C@@H](N)C1)C2. The first-order valence-electron chi connectivity index (χ1n) is 8.29. The number of amides is 2.